The largest absolute Gasteiger partial charge is 0.457 e. The van der Waals surface area contributed by atoms with Crippen molar-refractivity contribution in [2.75, 3.05) is 6.79 Å². The molecule has 6 rings (SSSR count). The van der Waals surface area contributed by atoms with Crippen LogP contribution in [0, 0.1) is 20.8 Å². The molecule has 4 nitrogen and oxygen atoms in total. The molecule has 0 N–H and O–H groups in total. The number of rotatable bonds is 19. The molecule has 0 spiro atoms. The molecule has 0 aliphatic carbocycles. The van der Waals surface area contributed by atoms with Crippen LogP contribution in [0.5, 0.6) is 11.5 Å². The molecule has 286 valence electrons. The number of benzene rings is 6. The fourth-order valence-corrected chi connectivity index (χ4v) is 6.74. The van der Waals surface area contributed by atoms with Crippen molar-refractivity contribution >= 4 is 23.8 Å². The minimum Gasteiger partial charge on any atom is -0.457 e. The molecule has 0 saturated heterocycles. The van der Waals surface area contributed by atoms with Crippen LogP contribution in [0.3, 0.4) is 0 Å². The minimum atomic E-state index is 0.0481. The highest BCUT2D eigenvalue weighted by Gasteiger charge is 2.07. The Morgan fingerprint density at radius 1 is 0.429 bits per heavy atom. The van der Waals surface area contributed by atoms with E-state index in [1.165, 1.54) is 84.7 Å². The van der Waals surface area contributed by atoms with E-state index in [0.717, 1.165) is 40.0 Å². The lowest BCUT2D eigenvalue weighted by Crippen LogP contribution is -2.08. The summed E-state index contributed by atoms with van der Waals surface area (Å²) in [5, 5.41) is 0. The van der Waals surface area contributed by atoms with E-state index in [0.29, 0.717) is 11.5 Å². The first-order chi connectivity index (χ1) is 27.4. The van der Waals surface area contributed by atoms with Crippen molar-refractivity contribution in [1.29, 1.82) is 0 Å². The highest BCUT2D eigenvalue weighted by molar-refractivity contribution is 5.86. The fourth-order valence-electron chi connectivity index (χ4n) is 6.74. The zero-order valence-corrected chi connectivity index (χ0v) is 33.6. The second kappa shape index (κ2) is 20.8. The topological polar surface area (TPSA) is 43.2 Å². The van der Waals surface area contributed by atoms with E-state index in [2.05, 4.69) is 125 Å². The van der Waals surface area contributed by atoms with Crippen molar-refractivity contribution in [1.82, 2.24) is 0 Å². The zero-order chi connectivity index (χ0) is 39.0. The Kier molecular flexibility index (Phi) is 14.8. The second-order valence-electron chi connectivity index (χ2n) is 14.9. The van der Waals surface area contributed by atoms with Crippen molar-refractivity contribution in [3.63, 3.8) is 0 Å². The van der Waals surface area contributed by atoms with E-state index in [9.17, 15) is 0 Å². The molecule has 6 aromatic rings. The maximum Gasteiger partial charge on any atom is 0.230 e. The quantitative estimate of drug-likeness (QED) is 0.0471. The Labute approximate surface area is 335 Å². The summed E-state index contributed by atoms with van der Waals surface area (Å²) in [6, 6.07) is 46.5. The first-order valence-electron chi connectivity index (χ1n) is 20.3. The molecule has 56 heavy (non-hydrogen) atoms. The zero-order valence-electron chi connectivity index (χ0n) is 33.6. The lowest BCUT2D eigenvalue weighted by Gasteiger charge is -2.13. The predicted molar refractivity (Wildman–Crippen MR) is 238 cm³/mol. The molecule has 0 radical (unpaired) electrons. The van der Waals surface area contributed by atoms with Gasteiger partial charge in [0.2, 0.25) is 6.79 Å². The first-order valence-corrected chi connectivity index (χ1v) is 20.3. The molecule has 0 atom stereocenters. The third-order valence-electron chi connectivity index (χ3n) is 10.2. The molecule has 4 heteroatoms. The van der Waals surface area contributed by atoms with Gasteiger partial charge in [0.05, 0.1) is 11.4 Å². The minimum absolute atomic E-state index is 0.0481. The molecule has 0 aromatic heterocycles. The van der Waals surface area contributed by atoms with Crippen LogP contribution in [0.2, 0.25) is 0 Å². The summed E-state index contributed by atoms with van der Waals surface area (Å²) >= 11 is 0. The van der Waals surface area contributed by atoms with Crippen molar-refractivity contribution in [2.45, 2.75) is 85.5 Å². The van der Waals surface area contributed by atoms with Gasteiger partial charge in [0.15, 0.2) is 0 Å². The average molecular weight is 741 g/mol. The molecule has 0 bridgehead atoms. The van der Waals surface area contributed by atoms with Gasteiger partial charge in [-0.3, -0.25) is 9.98 Å². The summed E-state index contributed by atoms with van der Waals surface area (Å²) in [7, 11) is 0. The van der Waals surface area contributed by atoms with Crippen LogP contribution in [0.25, 0.3) is 22.3 Å². The number of aryl methyl sites for hydroxylation is 4. The van der Waals surface area contributed by atoms with E-state index in [-0.39, 0.29) is 6.79 Å². The summed E-state index contributed by atoms with van der Waals surface area (Å²) in [5.74, 6) is 1.43. The second-order valence-corrected chi connectivity index (χ2v) is 14.9. The highest BCUT2D eigenvalue weighted by Crippen LogP contribution is 2.27. The lowest BCUT2D eigenvalue weighted by atomic mass is 10.0. The Hall–Kier alpha value is -5.74. The van der Waals surface area contributed by atoms with Crippen molar-refractivity contribution in [2.24, 2.45) is 9.98 Å². The lowest BCUT2D eigenvalue weighted by molar-refractivity contribution is 0.119. The molecular weight excluding hydrogens is 685 g/mol. The summed E-state index contributed by atoms with van der Waals surface area (Å²) < 4.78 is 12.4. The molecule has 0 aliphatic heterocycles. The van der Waals surface area contributed by atoms with Gasteiger partial charge in [0.25, 0.3) is 0 Å². The Morgan fingerprint density at radius 2 is 0.821 bits per heavy atom. The predicted octanol–water partition coefficient (Wildman–Crippen LogP) is 14.5. The van der Waals surface area contributed by atoms with Gasteiger partial charge in [0, 0.05) is 23.6 Å². The van der Waals surface area contributed by atoms with Crippen LogP contribution in [0.4, 0.5) is 11.4 Å². The third kappa shape index (κ3) is 12.1. The van der Waals surface area contributed by atoms with Crippen LogP contribution in [0.15, 0.2) is 143 Å². The first kappa shape index (κ1) is 39.9. The number of aliphatic imine (C=N–C) groups is 2. The van der Waals surface area contributed by atoms with E-state index in [1.54, 1.807) is 0 Å². The van der Waals surface area contributed by atoms with Gasteiger partial charge in [-0.15, -0.1) is 0 Å². The van der Waals surface area contributed by atoms with Crippen LogP contribution >= 0.6 is 0 Å². The van der Waals surface area contributed by atoms with E-state index < -0.39 is 0 Å². The smallest absolute Gasteiger partial charge is 0.230 e. The molecule has 0 amide bonds. The van der Waals surface area contributed by atoms with Crippen molar-refractivity contribution in [3.8, 4) is 33.8 Å². The van der Waals surface area contributed by atoms with Gasteiger partial charge >= 0.3 is 0 Å². The molecular formula is C52H56N2O2. The molecule has 0 unspecified atom stereocenters. The number of unbranched alkanes of at least 4 members (excludes halogenated alkanes) is 7. The van der Waals surface area contributed by atoms with Crippen LogP contribution in [0.1, 0.15) is 91.7 Å². The normalized spacial score (nSPS) is 11.4. The Bertz CT molecular complexity index is 2160. The Morgan fingerprint density at radius 3 is 1.29 bits per heavy atom. The van der Waals surface area contributed by atoms with Crippen LogP contribution in [-0.2, 0) is 6.42 Å². The highest BCUT2D eigenvalue weighted by atomic mass is 16.7. The summed E-state index contributed by atoms with van der Waals surface area (Å²) in [6.07, 6.45) is 15.7. The SMILES string of the molecule is CCCCCCCCCCc1ccc(-c2ccc(N=Cc3ccc(C)cc3OCOc3cc(C)ccc3C=Nc3ccc(-c4ccc(C)cc4)cc3)cc2)cc1. The average Bonchev–Trinajstić information content (AvgIpc) is 3.22. The number of nitrogens with zero attached hydrogens (tertiary/aromatic N) is 2. The van der Waals surface area contributed by atoms with Crippen molar-refractivity contribution in [3.05, 3.63) is 167 Å². The van der Waals surface area contributed by atoms with E-state index in [1.807, 2.05) is 48.8 Å². The summed E-state index contributed by atoms with van der Waals surface area (Å²) in [5.41, 5.74) is 13.2. The van der Waals surface area contributed by atoms with Crippen LogP contribution < -0.4 is 9.47 Å². The summed E-state index contributed by atoms with van der Waals surface area (Å²) in [4.78, 5) is 9.54. The number of hydrogen-bond acceptors (Lipinski definition) is 4. The van der Waals surface area contributed by atoms with E-state index in [4.69, 9.17) is 19.5 Å². The monoisotopic (exact) mass is 740 g/mol. The van der Waals surface area contributed by atoms with E-state index >= 15 is 0 Å². The standard InChI is InChI=1S/C52H56N2O2/c1-5-6-7-8-9-10-11-12-13-42-18-24-44(25-19-42)46-28-32-50(33-29-46)54-37-48-23-17-41(4)35-52(48)56-38-55-51-34-40(3)16-22-47(51)36-53-49-30-26-45(27-31-49)43-20-14-39(2)15-21-43/h14-37H,5-13,38H2,1-4H3. The van der Waals surface area contributed by atoms with Gasteiger partial charge in [-0.05, 0) is 121 Å². The van der Waals surface area contributed by atoms with Crippen LogP contribution in [-0.4, -0.2) is 19.2 Å². The van der Waals surface area contributed by atoms with Crippen molar-refractivity contribution < 1.29 is 9.47 Å². The maximum absolute atomic E-state index is 6.21. The third-order valence-corrected chi connectivity index (χ3v) is 10.2. The summed E-state index contributed by atoms with van der Waals surface area (Å²) in [6.45, 7) is 8.53. The van der Waals surface area contributed by atoms with Gasteiger partial charge in [-0.25, -0.2) is 0 Å². The molecule has 0 fully saturated rings. The molecule has 0 heterocycles. The number of hydrogen-bond donors (Lipinski definition) is 0. The fraction of sp³-hybridized carbons (Fsp3) is 0.269. The number of ether oxygens (including phenoxy) is 2. The van der Waals surface area contributed by atoms with Gasteiger partial charge in [0.1, 0.15) is 11.5 Å². The Balaban J connectivity index is 1.02. The molecule has 0 saturated carbocycles. The van der Waals surface area contributed by atoms with Gasteiger partial charge < -0.3 is 9.47 Å². The molecule has 0 aliphatic rings. The molecule has 6 aromatic carbocycles. The van der Waals surface area contributed by atoms with Gasteiger partial charge in [-0.1, -0.05) is 142 Å². The van der Waals surface area contributed by atoms with Gasteiger partial charge in [-0.2, -0.15) is 0 Å². The maximum atomic E-state index is 6.21.